The molecule has 6 rings (SSSR count). The van der Waals surface area contributed by atoms with Gasteiger partial charge in [-0.1, -0.05) is 25.0 Å². The van der Waals surface area contributed by atoms with E-state index >= 15 is 0 Å². The molecule has 8 heteroatoms. The molecule has 0 amide bonds. The molecule has 31 heavy (non-hydrogen) atoms. The number of hydrogen-bond donors (Lipinski definition) is 3. The minimum absolute atomic E-state index is 0.0293. The van der Waals surface area contributed by atoms with Crippen molar-refractivity contribution in [2.75, 3.05) is 37.0 Å². The molecule has 1 aromatic carbocycles. The highest BCUT2D eigenvalue weighted by molar-refractivity contribution is 5.89. The fourth-order valence-electron chi connectivity index (χ4n) is 5.72. The van der Waals surface area contributed by atoms with Gasteiger partial charge in [0, 0.05) is 37.9 Å². The maximum Gasteiger partial charge on any atom is 0.226 e. The van der Waals surface area contributed by atoms with E-state index in [9.17, 15) is 5.11 Å². The predicted molar refractivity (Wildman–Crippen MR) is 119 cm³/mol. The van der Waals surface area contributed by atoms with E-state index in [2.05, 4.69) is 43.4 Å². The fourth-order valence-corrected chi connectivity index (χ4v) is 5.72. The van der Waals surface area contributed by atoms with E-state index in [0.29, 0.717) is 11.6 Å². The predicted octanol–water partition coefficient (Wildman–Crippen LogP) is 3.36. The molecular formula is C23H28N6O2. The number of hydrogen-bond acceptors (Lipinski definition) is 7. The van der Waals surface area contributed by atoms with Gasteiger partial charge in [-0.25, -0.2) is 4.98 Å². The van der Waals surface area contributed by atoms with Crippen molar-refractivity contribution >= 4 is 28.6 Å². The number of imidazole rings is 1. The number of aromatic nitrogens is 4. The summed E-state index contributed by atoms with van der Waals surface area (Å²) in [5.74, 6) is 1.38. The van der Waals surface area contributed by atoms with Crippen molar-refractivity contribution in [1.29, 1.82) is 0 Å². The van der Waals surface area contributed by atoms with Gasteiger partial charge in [-0.2, -0.15) is 9.97 Å². The second-order valence-electron chi connectivity index (χ2n) is 9.17. The maximum atomic E-state index is 11.3. The van der Waals surface area contributed by atoms with Gasteiger partial charge >= 0.3 is 0 Å². The first-order valence-corrected chi connectivity index (χ1v) is 11.2. The zero-order valence-corrected chi connectivity index (χ0v) is 17.8. The van der Waals surface area contributed by atoms with Crippen LogP contribution in [0.15, 0.2) is 24.5 Å². The Morgan fingerprint density at radius 3 is 2.71 bits per heavy atom. The molecule has 2 fully saturated rings. The van der Waals surface area contributed by atoms with E-state index in [4.69, 9.17) is 9.72 Å². The third kappa shape index (κ3) is 2.85. The molecule has 1 aliphatic carbocycles. The Labute approximate surface area is 181 Å². The highest BCUT2D eigenvalue weighted by Gasteiger charge is 2.46. The Morgan fingerprint density at radius 1 is 1.13 bits per heavy atom. The van der Waals surface area contributed by atoms with Gasteiger partial charge in [0.2, 0.25) is 5.95 Å². The molecule has 0 atom stereocenters. The van der Waals surface area contributed by atoms with Gasteiger partial charge in [0.05, 0.1) is 11.9 Å². The summed E-state index contributed by atoms with van der Waals surface area (Å²) in [4.78, 5) is 19.2. The van der Waals surface area contributed by atoms with E-state index in [-0.39, 0.29) is 5.41 Å². The molecular weight excluding hydrogens is 392 g/mol. The van der Waals surface area contributed by atoms with Crippen LogP contribution in [0.1, 0.15) is 49.7 Å². The Kier molecular flexibility index (Phi) is 4.23. The molecule has 4 heterocycles. The van der Waals surface area contributed by atoms with E-state index < -0.39 is 5.60 Å². The molecule has 2 aromatic heterocycles. The first kappa shape index (κ1) is 19.0. The van der Waals surface area contributed by atoms with Crippen molar-refractivity contribution in [3.05, 3.63) is 35.7 Å². The number of rotatable bonds is 3. The Hall–Kier alpha value is -2.71. The highest BCUT2D eigenvalue weighted by atomic mass is 16.5. The maximum absolute atomic E-state index is 11.3. The second kappa shape index (κ2) is 6.90. The molecule has 3 N–H and O–H groups in total. The SMILES string of the molecule is CNc1nc(N2CC3(CCOCC3)c3ccc(C4(O)CCCC4)cc32)c2[nH]cnc2n1. The summed E-state index contributed by atoms with van der Waals surface area (Å²) in [6.07, 6.45) is 7.43. The number of nitrogens with zero attached hydrogens (tertiary/aromatic N) is 4. The number of aliphatic hydroxyl groups is 1. The lowest BCUT2D eigenvalue weighted by Gasteiger charge is -2.34. The van der Waals surface area contributed by atoms with Gasteiger partial charge in [0.1, 0.15) is 5.52 Å². The standard InChI is InChI=1S/C23H28N6O2/c1-24-21-27-19-18(25-14-26-19)20(28-21)29-13-22(8-10-31-11-9-22)16-5-4-15(12-17(16)29)23(30)6-2-3-7-23/h4-5,12,14,30H,2-3,6-11,13H2,1H3,(H2,24,25,26,27,28). The van der Waals surface area contributed by atoms with Crippen LogP contribution in [0, 0.1) is 0 Å². The summed E-state index contributed by atoms with van der Waals surface area (Å²) >= 11 is 0. The van der Waals surface area contributed by atoms with E-state index in [1.165, 1.54) is 5.56 Å². The summed E-state index contributed by atoms with van der Waals surface area (Å²) in [7, 11) is 1.82. The number of fused-ring (bicyclic) bond motifs is 3. The molecule has 3 aromatic rings. The number of nitrogens with one attached hydrogen (secondary N) is 2. The molecule has 1 spiro atoms. The van der Waals surface area contributed by atoms with Crippen molar-refractivity contribution in [1.82, 2.24) is 19.9 Å². The third-order valence-corrected chi connectivity index (χ3v) is 7.48. The number of H-pyrrole nitrogens is 1. The third-order valence-electron chi connectivity index (χ3n) is 7.48. The Morgan fingerprint density at radius 2 is 1.94 bits per heavy atom. The molecule has 0 bridgehead atoms. The molecule has 162 valence electrons. The normalized spacial score (nSPS) is 21.7. The van der Waals surface area contributed by atoms with Crippen LogP contribution in [0.3, 0.4) is 0 Å². The molecule has 0 radical (unpaired) electrons. The van der Waals surface area contributed by atoms with Gasteiger partial charge in [-0.3, -0.25) is 0 Å². The number of ether oxygens (including phenoxy) is 1. The van der Waals surface area contributed by atoms with Crippen LogP contribution >= 0.6 is 0 Å². The van der Waals surface area contributed by atoms with Crippen LogP contribution in [0.25, 0.3) is 11.2 Å². The fraction of sp³-hybridized carbons (Fsp3) is 0.522. The van der Waals surface area contributed by atoms with Crippen LogP contribution in [0.4, 0.5) is 17.5 Å². The summed E-state index contributed by atoms with van der Waals surface area (Å²) in [6, 6.07) is 6.60. The zero-order valence-electron chi connectivity index (χ0n) is 17.8. The van der Waals surface area contributed by atoms with Gasteiger partial charge in [0.25, 0.3) is 0 Å². The minimum atomic E-state index is -0.725. The van der Waals surface area contributed by atoms with Crippen LogP contribution in [-0.2, 0) is 15.8 Å². The smallest absolute Gasteiger partial charge is 0.226 e. The van der Waals surface area contributed by atoms with Crippen molar-refractivity contribution in [2.45, 2.75) is 49.5 Å². The Bertz CT molecular complexity index is 1130. The Balaban J connectivity index is 1.54. The second-order valence-corrected chi connectivity index (χ2v) is 9.17. The van der Waals surface area contributed by atoms with Crippen molar-refractivity contribution in [2.24, 2.45) is 0 Å². The topological polar surface area (TPSA) is 99.2 Å². The van der Waals surface area contributed by atoms with E-state index in [0.717, 1.165) is 80.9 Å². The van der Waals surface area contributed by atoms with Gasteiger partial charge < -0.3 is 25.0 Å². The number of benzene rings is 1. The van der Waals surface area contributed by atoms with Gasteiger partial charge in [-0.05, 0) is 42.9 Å². The molecule has 1 saturated carbocycles. The average molecular weight is 421 g/mol. The minimum Gasteiger partial charge on any atom is -0.385 e. The van der Waals surface area contributed by atoms with E-state index in [1.807, 2.05) is 7.05 Å². The average Bonchev–Trinajstić information content (AvgIpc) is 3.52. The largest absolute Gasteiger partial charge is 0.385 e. The molecule has 1 saturated heterocycles. The van der Waals surface area contributed by atoms with Crippen molar-refractivity contribution in [3.8, 4) is 0 Å². The monoisotopic (exact) mass is 420 g/mol. The first-order valence-electron chi connectivity index (χ1n) is 11.2. The zero-order chi connectivity index (χ0) is 21.1. The van der Waals surface area contributed by atoms with Gasteiger partial charge in [0.15, 0.2) is 11.5 Å². The van der Waals surface area contributed by atoms with Crippen LogP contribution in [0.5, 0.6) is 0 Å². The van der Waals surface area contributed by atoms with Crippen molar-refractivity contribution in [3.63, 3.8) is 0 Å². The molecule has 8 nitrogen and oxygen atoms in total. The first-order chi connectivity index (χ1) is 15.1. The van der Waals surface area contributed by atoms with Crippen molar-refractivity contribution < 1.29 is 9.84 Å². The van der Waals surface area contributed by atoms with Gasteiger partial charge in [-0.15, -0.1) is 0 Å². The van der Waals surface area contributed by atoms with Crippen LogP contribution in [0.2, 0.25) is 0 Å². The van der Waals surface area contributed by atoms with E-state index in [1.54, 1.807) is 6.33 Å². The summed E-state index contributed by atoms with van der Waals surface area (Å²) in [5.41, 5.74) is 4.27. The number of anilines is 3. The lowest BCUT2D eigenvalue weighted by molar-refractivity contribution is 0.0443. The summed E-state index contributed by atoms with van der Waals surface area (Å²) in [6.45, 7) is 2.37. The lowest BCUT2D eigenvalue weighted by atomic mass is 9.75. The molecule has 3 aliphatic rings. The lowest BCUT2D eigenvalue weighted by Crippen LogP contribution is -2.37. The quantitative estimate of drug-likeness (QED) is 0.597. The highest BCUT2D eigenvalue weighted by Crippen LogP contribution is 2.51. The molecule has 2 aliphatic heterocycles. The van der Waals surface area contributed by atoms with Crippen LogP contribution < -0.4 is 10.2 Å². The summed E-state index contributed by atoms with van der Waals surface area (Å²) in [5, 5.41) is 14.4. The molecule has 0 unspecified atom stereocenters. The summed E-state index contributed by atoms with van der Waals surface area (Å²) < 4.78 is 5.72. The number of aromatic amines is 1. The van der Waals surface area contributed by atoms with Crippen LogP contribution in [-0.4, -0.2) is 51.8 Å².